The van der Waals surface area contributed by atoms with Gasteiger partial charge in [0.15, 0.2) is 5.96 Å². The molecular formula is C20H24F3N5O2. The maximum atomic E-state index is 12.2. The first kappa shape index (κ1) is 21.7. The van der Waals surface area contributed by atoms with Gasteiger partial charge in [-0.25, -0.2) is 9.98 Å². The molecule has 0 bridgehead atoms. The van der Waals surface area contributed by atoms with E-state index >= 15 is 0 Å². The molecule has 1 aromatic carbocycles. The highest BCUT2D eigenvalue weighted by atomic mass is 19.4. The van der Waals surface area contributed by atoms with Crippen LogP contribution in [0.5, 0.6) is 5.75 Å². The van der Waals surface area contributed by atoms with Gasteiger partial charge in [0.25, 0.3) is 0 Å². The fourth-order valence-electron chi connectivity index (χ4n) is 3.17. The Bertz CT molecular complexity index is 846. The van der Waals surface area contributed by atoms with Crippen LogP contribution in [0.25, 0.3) is 0 Å². The minimum absolute atomic E-state index is 0.138. The molecule has 2 atom stereocenters. The Morgan fingerprint density at radius 1 is 1.20 bits per heavy atom. The third-order valence-corrected chi connectivity index (χ3v) is 4.35. The lowest BCUT2D eigenvalue weighted by atomic mass is 10.2. The maximum absolute atomic E-state index is 12.2. The van der Waals surface area contributed by atoms with E-state index in [0.29, 0.717) is 12.2 Å². The summed E-state index contributed by atoms with van der Waals surface area (Å²) >= 11 is 0. The van der Waals surface area contributed by atoms with E-state index in [0.717, 1.165) is 24.5 Å². The SMILES string of the molecule is CC1CN(c2ccc(CN=C(N)Nc3ccc(OC(F)(F)F)cc3)cn2)CC(C)O1. The van der Waals surface area contributed by atoms with Crippen molar-refractivity contribution in [2.24, 2.45) is 10.7 Å². The molecule has 3 N–H and O–H groups in total. The van der Waals surface area contributed by atoms with Crippen LogP contribution in [0.2, 0.25) is 0 Å². The summed E-state index contributed by atoms with van der Waals surface area (Å²) < 4.78 is 46.1. The summed E-state index contributed by atoms with van der Waals surface area (Å²) in [6.45, 7) is 5.98. The Morgan fingerprint density at radius 3 is 2.43 bits per heavy atom. The second-order valence-electron chi connectivity index (χ2n) is 7.09. The summed E-state index contributed by atoms with van der Waals surface area (Å²) in [6, 6.07) is 9.11. The second kappa shape index (κ2) is 9.21. The minimum atomic E-state index is -4.72. The number of pyridine rings is 1. The Labute approximate surface area is 172 Å². The predicted octanol–water partition coefficient (Wildman–Crippen LogP) is 3.52. The highest BCUT2D eigenvalue weighted by molar-refractivity contribution is 5.92. The van der Waals surface area contributed by atoms with Gasteiger partial charge >= 0.3 is 6.36 Å². The normalized spacial score (nSPS) is 20.2. The van der Waals surface area contributed by atoms with Gasteiger partial charge in [0.05, 0.1) is 18.8 Å². The molecule has 2 unspecified atom stereocenters. The monoisotopic (exact) mass is 423 g/mol. The summed E-state index contributed by atoms with van der Waals surface area (Å²) in [6.07, 6.45) is -2.67. The molecule has 30 heavy (non-hydrogen) atoms. The number of benzene rings is 1. The molecule has 1 aliphatic heterocycles. The van der Waals surface area contributed by atoms with Crippen LogP contribution < -0.4 is 20.7 Å². The van der Waals surface area contributed by atoms with Crippen LogP contribution in [0.15, 0.2) is 47.6 Å². The first-order valence-corrected chi connectivity index (χ1v) is 9.46. The van der Waals surface area contributed by atoms with E-state index in [-0.39, 0.29) is 23.9 Å². The molecule has 1 fully saturated rings. The van der Waals surface area contributed by atoms with Crippen molar-refractivity contribution >= 4 is 17.5 Å². The van der Waals surface area contributed by atoms with Gasteiger partial charge < -0.3 is 25.4 Å². The summed E-state index contributed by atoms with van der Waals surface area (Å²) in [4.78, 5) is 10.9. The Balaban J connectivity index is 1.54. The third-order valence-electron chi connectivity index (χ3n) is 4.35. The zero-order valence-electron chi connectivity index (χ0n) is 16.7. The smallest absolute Gasteiger partial charge is 0.406 e. The lowest BCUT2D eigenvalue weighted by Crippen LogP contribution is -2.45. The van der Waals surface area contributed by atoms with Crippen LogP contribution in [0.1, 0.15) is 19.4 Å². The van der Waals surface area contributed by atoms with Gasteiger partial charge in [-0.1, -0.05) is 6.07 Å². The number of halogens is 3. The molecule has 0 saturated carbocycles. The molecule has 1 aromatic heterocycles. The highest BCUT2D eigenvalue weighted by Crippen LogP contribution is 2.24. The number of ether oxygens (including phenoxy) is 2. The van der Waals surface area contributed by atoms with Gasteiger partial charge in [-0.15, -0.1) is 13.2 Å². The molecule has 0 radical (unpaired) electrons. The second-order valence-corrected chi connectivity index (χ2v) is 7.09. The zero-order valence-corrected chi connectivity index (χ0v) is 16.7. The van der Waals surface area contributed by atoms with Crippen molar-refractivity contribution in [2.75, 3.05) is 23.3 Å². The Hall–Kier alpha value is -3.01. The van der Waals surface area contributed by atoms with E-state index in [1.807, 2.05) is 26.0 Å². The first-order valence-electron chi connectivity index (χ1n) is 9.46. The Kier molecular flexibility index (Phi) is 6.66. The van der Waals surface area contributed by atoms with E-state index in [1.165, 1.54) is 24.3 Å². The quantitative estimate of drug-likeness (QED) is 0.566. The highest BCUT2D eigenvalue weighted by Gasteiger charge is 2.31. The van der Waals surface area contributed by atoms with Crippen molar-refractivity contribution in [3.8, 4) is 5.75 Å². The van der Waals surface area contributed by atoms with Crippen molar-refractivity contribution in [3.05, 3.63) is 48.2 Å². The third kappa shape index (κ3) is 6.51. The van der Waals surface area contributed by atoms with Crippen molar-refractivity contribution in [1.29, 1.82) is 0 Å². The molecule has 1 aliphatic rings. The number of nitrogens with one attached hydrogen (secondary N) is 1. The minimum Gasteiger partial charge on any atom is -0.406 e. The number of nitrogens with zero attached hydrogens (tertiary/aromatic N) is 3. The number of aliphatic imine (C=N–C) groups is 1. The lowest BCUT2D eigenvalue weighted by molar-refractivity contribution is -0.274. The summed E-state index contributed by atoms with van der Waals surface area (Å²) in [5, 5.41) is 2.82. The number of anilines is 2. The van der Waals surface area contributed by atoms with Gasteiger partial charge in [0, 0.05) is 25.0 Å². The van der Waals surface area contributed by atoms with Gasteiger partial charge in [-0.2, -0.15) is 0 Å². The van der Waals surface area contributed by atoms with E-state index in [2.05, 4.69) is 24.9 Å². The fraction of sp³-hybridized carbons (Fsp3) is 0.400. The molecule has 3 rings (SSSR count). The Morgan fingerprint density at radius 2 is 1.87 bits per heavy atom. The van der Waals surface area contributed by atoms with Gasteiger partial charge in [-0.05, 0) is 49.7 Å². The number of rotatable bonds is 5. The molecule has 162 valence electrons. The number of nitrogens with two attached hydrogens (primary N) is 1. The number of alkyl halides is 3. The van der Waals surface area contributed by atoms with E-state index in [4.69, 9.17) is 10.5 Å². The number of guanidine groups is 1. The van der Waals surface area contributed by atoms with Gasteiger partial charge in [-0.3, -0.25) is 0 Å². The zero-order chi connectivity index (χ0) is 21.7. The summed E-state index contributed by atoms with van der Waals surface area (Å²) in [5.74, 6) is 0.718. The molecule has 0 amide bonds. The number of morpholine rings is 1. The average Bonchev–Trinajstić information content (AvgIpc) is 2.66. The average molecular weight is 423 g/mol. The molecule has 7 nitrogen and oxygen atoms in total. The topological polar surface area (TPSA) is 85.0 Å². The number of aromatic nitrogens is 1. The maximum Gasteiger partial charge on any atom is 0.573 e. The molecule has 2 aromatic rings. The van der Waals surface area contributed by atoms with E-state index < -0.39 is 6.36 Å². The lowest BCUT2D eigenvalue weighted by Gasteiger charge is -2.36. The van der Waals surface area contributed by atoms with Crippen LogP contribution in [0.3, 0.4) is 0 Å². The van der Waals surface area contributed by atoms with Crippen molar-refractivity contribution in [3.63, 3.8) is 0 Å². The van der Waals surface area contributed by atoms with Gasteiger partial charge in [0.1, 0.15) is 11.6 Å². The van der Waals surface area contributed by atoms with E-state index in [9.17, 15) is 13.2 Å². The number of hydrogen-bond donors (Lipinski definition) is 2. The molecule has 0 aliphatic carbocycles. The first-order chi connectivity index (χ1) is 14.2. The predicted molar refractivity (Wildman–Crippen MR) is 109 cm³/mol. The molecule has 2 heterocycles. The van der Waals surface area contributed by atoms with Crippen molar-refractivity contribution in [2.45, 2.75) is 39.0 Å². The standard InChI is InChI=1S/C20H24F3N5O2/c1-13-11-28(12-14(2)29-13)18-8-3-15(9-25-18)10-26-19(24)27-16-4-6-17(7-5-16)30-20(21,22)23/h3-9,13-14H,10-12H2,1-2H3,(H3,24,26,27). The number of hydrogen-bond acceptors (Lipinski definition) is 5. The van der Waals surface area contributed by atoms with Crippen molar-refractivity contribution in [1.82, 2.24) is 4.98 Å². The molecule has 10 heteroatoms. The largest absolute Gasteiger partial charge is 0.573 e. The van der Waals surface area contributed by atoms with Crippen molar-refractivity contribution < 1.29 is 22.6 Å². The summed E-state index contributed by atoms with van der Waals surface area (Å²) in [7, 11) is 0. The molecule has 0 spiro atoms. The van der Waals surface area contributed by atoms with Gasteiger partial charge in [0.2, 0.25) is 0 Å². The van der Waals surface area contributed by atoms with Crippen LogP contribution in [-0.2, 0) is 11.3 Å². The summed E-state index contributed by atoms with van der Waals surface area (Å²) in [5.41, 5.74) is 7.23. The van der Waals surface area contributed by atoms with Crippen LogP contribution in [-0.4, -0.2) is 42.6 Å². The molecule has 1 saturated heterocycles. The van der Waals surface area contributed by atoms with Crippen LogP contribution >= 0.6 is 0 Å². The van der Waals surface area contributed by atoms with Crippen LogP contribution in [0.4, 0.5) is 24.7 Å². The van der Waals surface area contributed by atoms with Crippen LogP contribution in [0, 0.1) is 0 Å². The molecular weight excluding hydrogens is 399 g/mol. The fourth-order valence-corrected chi connectivity index (χ4v) is 3.17. The van der Waals surface area contributed by atoms with E-state index in [1.54, 1.807) is 6.20 Å².